The van der Waals surface area contributed by atoms with Gasteiger partial charge in [-0.1, -0.05) is 18.2 Å². The number of carboxylic acids is 1. The summed E-state index contributed by atoms with van der Waals surface area (Å²) in [5.41, 5.74) is 5.29. The SMILES string of the molecule is COc1ccc(CN2CCN(C(=O)/C=C/C(F)(F)F)CC2)cc1-c1cc2c(-c3ccc(C(=O)O)cc3)ccnc2[nH]1. The molecule has 1 amide bonds. The maximum absolute atomic E-state index is 12.4. The zero-order chi connectivity index (χ0) is 29.1. The van der Waals surface area contributed by atoms with Crippen LogP contribution in [0.5, 0.6) is 5.75 Å². The molecule has 212 valence electrons. The van der Waals surface area contributed by atoms with Crippen LogP contribution < -0.4 is 4.74 Å². The summed E-state index contributed by atoms with van der Waals surface area (Å²) in [5.74, 6) is -0.960. The highest BCUT2D eigenvalue weighted by molar-refractivity contribution is 5.97. The van der Waals surface area contributed by atoms with E-state index in [-0.39, 0.29) is 11.6 Å². The summed E-state index contributed by atoms with van der Waals surface area (Å²) in [5, 5.41) is 10.1. The number of hydrogen-bond acceptors (Lipinski definition) is 5. The summed E-state index contributed by atoms with van der Waals surface area (Å²) < 4.78 is 42.8. The zero-order valence-electron chi connectivity index (χ0n) is 22.1. The number of aromatic nitrogens is 2. The molecule has 11 heteroatoms. The van der Waals surface area contributed by atoms with Crippen LogP contribution in [0.1, 0.15) is 15.9 Å². The molecule has 8 nitrogen and oxygen atoms in total. The molecule has 0 unspecified atom stereocenters. The molecule has 0 aliphatic carbocycles. The standard InChI is InChI=1S/C30H27F3N4O4/c1-41-26-7-2-19(18-36-12-14-37(15-13-36)27(38)8-10-30(31,32)33)16-24(26)25-17-23-22(9-11-34-28(23)35-25)20-3-5-21(6-4-20)29(39)40/h2-11,16-17H,12-15,18H2,1H3,(H,34,35)(H,39,40)/b10-8+. The first-order valence-corrected chi connectivity index (χ1v) is 12.9. The van der Waals surface area contributed by atoms with Gasteiger partial charge >= 0.3 is 12.1 Å². The zero-order valence-corrected chi connectivity index (χ0v) is 22.1. The third-order valence-corrected chi connectivity index (χ3v) is 7.03. The number of rotatable bonds is 7. The van der Waals surface area contributed by atoms with Crippen LogP contribution in [0, 0.1) is 0 Å². The Morgan fingerprint density at radius 3 is 2.41 bits per heavy atom. The third kappa shape index (κ3) is 6.41. The summed E-state index contributed by atoms with van der Waals surface area (Å²) in [6.07, 6.45) is -2.27. The number of aromatic amines is 1. The number of piperazine rings is 1. The van der Waals surface area contributed by atoms with Crippen molar-refractivity contribution in [2.45, 2.75) is 12.7 Å². The first kappa shape index (κ1) is 27.9. The van der Waals surface area contributed by atoms with Gasteiger partial charge < -0.3 is 19.7 Å². The maximum Gasteiger partial charge on any atom is 0.409 e. The second-order valence-electron chi connectivity index (χ2n) is 9.70. The highest BCUT2D eigenvalue weighted by atomic mass is 19.4. The molecule has 1 aliphatic heterocycles. The number of pyridine rings is 1. The van der Waals surface area contributed by atoms with Gasteiger partial charge in [-0.05, 0) is 53.1 Å². The number of methoxy groups -OCH3 is 1. The fraction of sp³-hybridized carbons (Fsp3) is 0.233. The van der Waals surface area contributed by atoms with Crippen LogP contribution >= 0.6 is 0 Å². The monoisotopic (exact) mass is 564 g/mol. The van der Waals surface area contributed by atoms with Gasteiger partial charge in [0.15, 0.2) is 0 Å². The molecule has 0 spiro atoms. The molecule has 2 aromatic heterocycles. The first-order chi connectivity index (χ1) is 19.6. The highest BCUT2D eigenvalue weighted by Gasteiger charge is 2.25. The summed E-state index contributed by atoms with van der Waals surface area (Å²) in [4.78, 5) is 34.8. The Balaban J connectivity index is 1.35. The molecule has 41 heavy (non-hydrogen) atoms. The molecule has 0 atom stereocenters. The Hall–Kier alpha value is -4.64. The molecule has 0 radical (unpaired) electrons. The van der Waals surface area contributed by atoms with Crippen LogP contribution in [-0.4, -0.2) is 76.2 Å². The van der Waals surface area contributed by atoms with Gasteiger partial charge in [0.1, 0.15) is 11.4 Å². The van der Waals surface area contributed by atoms with Crippen molar-refractivity contribution in [3.8, 4) is 28.1 Å². The number of hydrogen-bond donors (Lipinski definition) is 2. The van der Waals surface area contributed by atoms with Crippen molar-refractivity contribution in [3.05, 3.63) is 84.1 Å². The van der Waals surface area contributed by atoms with Crippen LogP contribution in [0.15, 0.2) is 72.9 Å². The van der Waals surface area contributed by atoms with E-state index in [1.165, 1.54) is 4.90 Å². The van der Waals surface area contributed by atoms with Gasteiger partial charge in [0.05, 0.1) is 18.4 Å². The number of carboxylic acid groups (broad SMARTS) is 1. The van der Waals surface area contributed by atoms with Crippen molar-refractivity contribution >= 4 is 22.9 Å². The summed E-state index contributed by atoms with van der Waals surface area (Å²) >= 11 is 0. The average Bonchev–Trinajstić information content (AvgIpc) is 3.40. The predicted octanol–water partition coefficient (Wildman–Crippen LogP) is 5.37. The number of aromatic carboxylic acids is 1. The van der Waals surface area contributed by atoms with Crippen molar-refractivity contribution in [2.75, 3.05) is 33.3 Å². The summed E-state index contributed by atoms with van der Waals surface area (Å²) in [7, 11) is 1.60. The topological polar surface area (TPSA) is 98.8 Å². The van der Waals surface area contributed by atoms with E-state index in [1.54, 1.807) is 37.6 Å². The minimum atomic E-state index is -4.51. The lowest BCUT2D eigenvalue weighted by Crippen LogP contribution is -2.47. The van der Waals surface area contributed by atoms with Gasteiger partial charge in [0, 0.05) is 62.0 Å². The normalized spacial score (nSPS) is 14.6. The van der Waals surface area contributed by atoms with E-state index in [2.05, 4.69) is 14.9 Å². The quantitative estimate of drug-likeness (QED) is 0.293. The van der Waals surface area contributed by atoms with Crippen LogP contribution in [0.3, 0.4) is 0 Å². The van der Waals surface area contributed by atoms with Gasteiger partial charge in [-0.3, -0.25) is 9.69 Å². The number of halogens is 3. The van der Waals surface area contributed by atoms with E-state index in [0.717, 1.165) is 33.3 Å². The van der Waals surface area contributed by atoms with E-state index in [0.29, 0.717) is 50.2 Å². The van der Waals surface area contributed by atoms with E-state index < -0.39 is 18.1 Å². The fourth-order valence-corrected chi connectivity index (χ4v) is 4.94. The van der Waals surface area contributed by atoms with Crippen LogP contribution in [-0.2, 0) is 11.3 Å². The number of carbonyl (C=O) groups excluding carboxylic acids is 1. The van der Waals surface area contributed by atoms with E-state index in [1.807, 2.05) is 30.3 Å². The lowest BCUT2D eigenvalue weighted by Gasteiger charge is -2.34. The average molecular weight is 565 g/mol. The number of amides is 1. The number of H-pyrrole nitrogens is 1. The third-order valence-electron chi connectivity index (χ3n) is 7.03. The lowest BCUT2D eigenvalue weighted by atomic mass is 10.0. The molecule has 1 aliphatic rings. The lowest BCUT2D eigenvalue weighted by molar-refractivity contribution is -0.128. The van der Waals surface area contributed by atoms with Crippen LogP contribution in [0.2, 0.25) is 0 Å². The largest absolute Gasteiger partial charge is 0.496 e. The van der Waals surface area contributed by atoms with Crippen molar-refractivity contribution in [1.82, 2.24) is 19.8 Å². The van der Waals surface area contributed by atoms with E-state index in [4.69, 9.17) is 4.74 Å². The van der Waals surface area contributed by atoms with Crippen LogP contribution in [0.25, 0.3) is 33.4 Å². The highest BCUT2D eigenvalue weighted by Crippen LogP contribution is 2.36. The Kier molecular flexibility index (Phi) is 7.80. The van der Waals surface area contributed by atoms with Crippen molar-refractivity contribution in [1.29, 1.82) is 0 Å². The number of nitrogens with zero attached hydrogens (tertiary/aromatic N) is 3. The molecule has 4 aromatic rings. The molecule has 1 fully saturated rings. The van der Waals surface area contributed by atoms with Gasteiger partial charge in [-0.25, -0.2) is 9.78 Å². The van der Waals surface area contributed by atoms with E-state index >= 15 is 0 Å². The Bertz CT molecular complexity index is 1600. The Labute approximate surface area is 233 Å². The minimum Gasteiger partial charge on any atom is -0.496 e. The molecule has 2 N–H and O–H groups in total. The second kappa shape index (κ2) is 11.5. The number of alkyl halides is 3. The Morgan fingerprint density at radius 1 is 1.02 bits per heavy atom. The molecule has 3 heterocycles. The smallest absolute Gasteiger partial charge is 0.409 e. The maximum atomic E-state index is 12.4. The summed E-state index contributed by atoms with van der Waals surface area (Å²) in [6, 6.07) is 16.4. The van der Waals surface area contributed by atoms with Crippen molar-refractivity contribution < 1.29 is 32.6 Å². The molecule has 2 aromatic carbocycles. The Morgan fingerprint density at radius 2 is 1.76 bits per heavy atom. The first-order valence-electron chi connectivity index (χ1n) is 12.9. The number of carbonyl (C=O) groups is 2. The van der Waals surface area contributed by atoms with Gasteiger partial charge in [0.25, 0.3) is 0 Å². The molecule has 1 saturated heterocycles. The predicted molar refractivity (Wildman–Crippen MR) is 148 cm³/mol. The van der Waals surface area contributed by atoms with Crippen molar-refractivity contribution in [2.24, 2.45) is 0 Å². The number of fused-ring (bicyclic) bond motifs is 1. The van der Waals surface area contributed by atoms with Gasteiger partial charge in [-0.15, -0.1) is 0 Å². The molecule has 0 bridgehead atoms. The van der Waals surface area contributed by atoms with Crippen LogP contribution in [0.4, 0.5) is 13.2 Å². The molecular weight excluding hydrogens is 537 g/mol. The molecule has 5 rings (SSSR count). The molecule has 0 saturated carbocycles. The number of benzene rings is 2. The van der Waals surface area contributed by atoms with Crippen molar-refractivity contribution in [3.63, 3.8) is 0 Å². The second-order valence-corrected chi connectivity index (χ2v) is 9.70. The number of ether oxygens (including phenoxy) is 1. The fourth-order valence-electron chi connectivity index (χ4n) is 4.94. The molecular formula is C30H27F3N4O4. The van der Waals surface area contributed by atoms with Gasteiger partial charge in [0.2, 0.25) is 5.91 Å². The number of allylic oxidation sites excluding steroid dienone is 1. The minimum absolute atomic E-state index is 0.0296. The number of nitrogens with one attached hydrogen (secondary N) is 1. The van der Waals surface area contributed by atoms with E-state index in [9.17, 15) is 27.9 Å². The van der Waals surface area contributed by atoms with Gasteiger partial charge in [-0.2, -0.15) is 13.2 Å². The summed E-state index contributed by atoms with van der Waals surface area (Å²) in [6.45, 7) is 2.35.